The first kappa shape index (κ1) is 17.7. The van der Waals surface area contributed by atoms with E-state index in [9.17, 15) is 9.90 Å². The van der Waals surface area contributed by atoms with Gasteiger partial charge in [-0.2, -0.15) is 0 Å². The summed E-state index contributed by atoms with van der Waals surface area (Å²) in [7, 11) is 3.16. The predicted molar refractivity (Wildman–Crippen MR) is 91.2 cm³/mol. The van der Waals surface area contributed by atoms with Crippen LogP contribution in [-0.2, 0) is 11.2 Å². The molecule has 1 atom stereocenters. The van der Waals surface area contributed by atoms with Crippen molar-refractivity contribution in [2.45, 2.75) is 19.3 Å². The minimum atomic E-state index is -0.867. The lowest BCUT2D eigenvalue weighted by atomic mass is 9.92. The van der Waals surface area contributed by atoms with Gasteiger partial charge in [-0.05, 0) is 48.7 Å². The molecule has 0 aliphatic carbocycles. The van der Waals surface area contributed by atoms with Gasteiger partial charge in [0.2, 0.25) is 0 Å². The topological polar surface area (TPSA) is 65.0 Å². The fraction of sp³-hybridized carbons (Fsp3) is 0.316. The van der Waals surface area contributed by atoms with E-state index in [1.807, 2.05) is 19.1 Å². The number of benzene rings is 2. The summed E-state index contributed by atoms with van der Waals surface area (Å²) >= 11 is 0. The monoisotopic (exact) mass is 330 g/mol. The molecule has 5 heteroatoms. The molecule has 0 aliphatic rings. The van der Waals surface area contributed by atoms with Crippen molar-refractivity contribution in [3.05, 3.63) is 53.6 Å². The fourth-order valence-corrected chi connectivity index (χ4v) is 2.54. The highest BCUT2D eigenvalue weighted by Crippen LogP contribution is 2.31. The van der Waals surface area contributed by atoms with E-state index in [0.29, 0.717) is 30.3 Å². The Labute approximate surface area is 141 Å². The number of hydrogen-bond donors (Lipinski definition) is 1. The van der Waals surface area contributed by atoms with Crippen molar-refractivity contribution in [3.63, 3.8) is 0 Å². The molecule has 2 aromatic rings. The maximum atomic E-state index is 11.7. The lowest BCUT2D eigenvalue weighted by molar-refractivity contribution is -0.138. The van der Waals surface area contributed by atoms with Crippen molar-refractivity contribution in [3.8, 4) is 17.2 Å². The molecule has 5 nitrogen and oxygen atoms in total. The molecule has 2 aromatic carbocycles. The smallest absolute Gasteiger partial charge is 0.311 e. The molecule has 0 bridgehead atoms. The van der Waals surface area contributed by atoms with E-state index in [1.165, 1.54) is 0 Å². The summed E-state index contributed by atoms with van der Waals surface area (Å²) in [5.41, 5.74) is 1.61. The van der Waals surface area contributed by atoms with Crippen molar-refractivity contribution >= 4 is 5.97 Å². The first-order valence-corrected chi connectivity index (χ1v) is 7.75. The van der Waals surface area contributed by atoms with E-state index in [4.69, 9.17) is 14.2 Å². The van der Waals surface area contributed by atoms with Crippen molar-refractivity contribution in [1.82, 2.24) is 0 Å². The molecule has 1 unspecified atom stereocenters. The first-order chi connectivity index (χ1) is 11.6. The summed E-state index contributed by atoms with van der Waals surface area (Å²) < 4.78 is 15.9. The van der Waals surface area contributed by atoms with Crippen LogP contribution in [0.15, 0.2) is 42.5 Å². The van der Waals surface area contributed by atoms with Crippen LogP contribution in [0.5, 0.6) is 17.2 Å². The second-order valence-corrected chi connectivity index (χ2v) is 5.29. The molecule has 2 rings (SSSR count). The summed E-state index contributed by atoms with van der Waals surface area (Å²) in [6.07, 6.45) is 0.367. The molecule has 128 valence electrons. The molecule has 0 radical (unpaired) electrons. The second kappa shape index (κ2) is 8.24. The highest BCUT2D eigenvalue weighted by molar-refractivity contribution is 5.76. The predicted octanol–water partition coefficient (Wildman–Crippen LogP) is 3.51. The van der Waals surface area contributed by atoms with Gasteiger partial charge in [-0.3, -0.25) is 4.79 Å². The number of ether oxygens (including phenoxy) is 3. The maximum Gasteiger partial charge on any atom is 0.311 e. The van der Waals surface area contributed by atoms with Crippen molar-refractivity contribution in [1.29, 1.82) is 0 Å². The molecule has 0 aromatic heterocycles. The van der Waals surface area contributed by atoms with Gasteiger partial charge in [0.25, 0.3) is 0 Å². The van der Waals surface area contributed by atoms with Gasteiger partial charge >= 0.3 is 5.97 Å². The zero-order chi connectivity index (χ0) is 17.5. The maximum absolute atomic E-state index is 11.7. The highest BCUT2D eigenvalue weighted by atomic mass is 16.5. The number of carbonyl (C=O) groups is 1. The van der Waals surface area contributed by atoms with Gasteiger partial charge in [-0.1, -0.05) is 18.2 Å². The summed E-state index contributed by atoms with van der Waals surface area (Å²) in [6.45, 7) is 2.41. The molecule has 0 fully saturated rings. The second-order valence-electron chi connectivity index (χ2n) is 5.29. The van der Waals surface area contributed by atoms with Gasteiger partial charge in [0.15, 0.2) is 11.5 Å². The van der Waals surface area contributed by atoms with Crippen LogP contribution >= 0.6 is 0 Å². The average Bonchev–Trinajstić information content (AvgIpc) is 2.60. The van der Waals surface area contributed by atoms with E-state index in [-0.39, 0.29) is 0 Å². The summed E-state index contributed by atoms with van der Waals surface area (Å²) in [4.78, 5) is 11.7. The zero-order valence-corrected chi connectivity index (χ0v) is 14.1. The molecule has 24 heavy (non-hydrogen) atoms. The lowest BCUT2D eigenvalue weighted by Crippen LogP contribution is -2.14. The third-order valence-electron chi connectivity index (χ3n) is 3.78. The summed E-state index contributed by atoms with van der Waals surface area (Å²) in [5, 5.41) is 9.60. The lowest BCUT2D eigenvalue weighted by Gasteiger charge is -2.15. The van der Waals surface area contributed by atoms with Crippen LogP contribution in [0.25, 0.3) is 0 Å². The molecular weight excluding hydrogens is 308 g/mol. The third-order valence-corrected chi connectivity index (χ3v) is 3.78. The first-order valence-electron chi connectivity index (χ1n) is 7.75. The Hall–Kier alpha value is -2.69. The Morgan fingerprint density at radius 1 is 1.04 bits per heavy atom. The number of rotatable bonds is 8. The number of methoxy groups -OCH3 is 2. The Balaban J connectivity index is 2.27. The standard InChI is InChI=1S/C19H22O5/c1-4-24-18-12-13(5-10-17(18)23-3)11-16(19(20)21)14-6-8-15(22-2)9-7-14/h5-10,12,16H,4,11H2,1-3H3,(H,20,21). The molecule has 1 N–H and O–H groups in total. The van der Waals surface area contributed by atoms with Crippen LogP contribution in [0.4, 0.5) is 0 Å². The van der Waals surface area contributed by atoms with Crippen LogP contribution in [0.1, 0.15) is 24.0 Å². The Bertz CT molecular complexity index is 679. The Kier molecular flexibility index (Phi) is 6.07. The molecule has 0 aliphatic heterocycles. The average molecular weight is 330 g/mol. The number of aliphatic carboxylic acids is 1. The Morgan fingerprint density at radius 3 is 2.29 bits per heavy atom. The molecule has 0 saturated carbocycles. The van der Waals surface area contributed by atoms with E-state index < -0.39 is 11.9 Å². The van der Waals surface area contributed by atoms with Crippen molar-refractivity contribution in [2.24, 2.45) is 0 Å². The summed E-state index contributed by atoms with van der Waals surface area (Å²) in [5.74, 6) is 0.451. The van der Waals surface area contributed by atoms with Gasteiger partial charge in [-0.15, -0.1) is 0 Å². The quantitative estimate of drug-likeness (QED) is 0.802. The molecule has 0 saturated heterocycles. The number of hydrogen-bond acceptors (Lipinski definition) is 4. The number of carboxylic acid groups (broad SMARTS) is 1. The van der Waals surface area contributed by atoms with Crippen LogP contribution < -0.4 is 14.2 Å². The Morgan fingerprint density at radius 2 is 1.75 bits per heavy atom. The third kappa shape index (κ3) is 4.19. The van der Waals surface area contributed by atoms with Gasteiger partial charge in [0.05, 0.1) is 26.7 Å². The van der Waals surface area contributed by atoms with E-state index in [1.54, 1.807) is 44.6 Å². The van der Waals surface area contributed by atoms with Crippen molar-refractivity contribution < 1.29 is 24.1 Å². The minimum absolute atomic E-state index is 0.367. The zero-order valence-electron chi connectivity index (χ0n) is 14.1. The minimum Gasteiger partial charge on any atom is -0.497 e. The number of carboxylic acids is 1. The normalized spacial score (nSPS) is 11.6. The van der Waals surface area contributed by atoms with Crippen LogP contribution in [0.3, 0.4) is 0 Å². The van der Waals surface area contributed by atoms with Crippen LogP contribution in [0.2, 0.25) is 0 Å². The molecular formula is C19H22O5. The van der Waals surface area contributed by atoms with E-state index in [2.05, 4.69) is 0 Å². The van der Waals surface area contributed by atoms with E-state index in [0.717, 1.165) is 11.1 Å². The van der Waals surface area contributed by atoms with Crippen molar-refractivity contribution in [2.75, 3.05) is 20.8 Å². The largest absolute Gasteiger partial charge is 0.497 e. The molecule has 0 spiro atoms. The van der Waals surface area contributed by atoms with E-state index >= 15 is 0 Å². The van der Waals surface area contributed by atoms with Gasteiger partial charge < -0.3 is 19.3 Å². The summed E-state index contributed by atoms with van der Waals surface area (Å²) in [6, 6.07) is 12.6. The van der Waals surface area contributed by atoms with Gasteiger partial charge in [0, 0.05) is 0 Å². The van der Waals surface area contributed by atoms with Crippen LogP contribution in [-0.4, -0.2) is 31.9 Å². The molecule has 0 amide bonds. The fourth-order valence-electron chi connectivity index (χ4n) is 2.54. The molecule has 0 heterocycles. The SMILES string of the molecule is CCOc1cc(CC(C(=O)O)c2ccc(OC)cc2)ccc1OC. The highest BCUT2D eigenvalue weighted by Gasteiger charge is 2.21. The van der Waals surface area contributed by atoms with Gasteiger partial charge in [0.1, 0.15) is 5.75 Å². The van der Waals surface area contributed by atoms with Crippen LogP contribution in [0, 0.1) is 0 Å². The van der Waals surface area contributed by atoms with Gasteiger partial charge in [-0.25, -0.2) is 0 Å².